The predicted octanol–water partition coefficient (Wildman–Crippen LogP) is 4.69. The van der Waals surface area contributed by atoms with Gasteiger partial charge >= 0.3 is 0 Å². The summed E-state index contributed by atoms with van der Waals surface area (Å²) >= 11 is 0. The first-order chi connectivity index (χ1) is 15.4. The molecule has 0 saturated carbocycles. The van der Waals surface area contributed by atoms with Crippen LogP contribution in [0.5, 0.6) is 0 Å². The molecule has 7 heteroatoms. The lowest BCUT2D eigenvalue weighted by molar-refractivity contribution is -0.114. The Balaban J connectivity index is 1.70. The van der Waals surface area contributed by atoms with Crippen molar-refractivity contribution in [2.45, 2.75) is 18.7 Å². The zero-order valence-corrected chi connectivity index (χ0v) is 18.6. The minimum atomic E-state index is -3.96. The number of benzene rings is 3. The first kappa shape index (κ1) is 21.5. The highest BCUT2D eigenvalue weighted by atomic mass is 32.2. The lowest BCUT2D eigenvalue weighted by Gasteiger charge is -2.25. The van der Waals surface area contributed by atoms with Crippen molar-refractivity contribution in [2.75, 3.05) is 16.2 Å². The summed E-state index contributed by atoms with van der Waals surface area (Å²) < 4.78 is 28.1. The summed E-state index contributed by atoms with van der Waals surface area (Å²) in [6, 6.07) is 22.7. The van der Waals surface area contributed by atoms with Crippen LogP contribution in [0.1, 0.15) is 11.1 Å². The van der Waals surface area contributed by atoms with Crippen LogP contribution >= 0.6 is 0 Å². The van der Waals surface area contributed by atoms with E-state index >= 15 is 0 Å². The van der Waals surface area contributed by atoms with Crippen molar-refractivity contribution >= 4 is 38.2 Å². The second-order valence-corrected chi connectivity index (χ2v) is 9.38. The standard InChI is InChI=1S/C25H23N3O3S/c1-18-13-14-21(16-19(18)2)28(32(30,31)22-10-4-3-5-11-22)17-24(29)27-23-12-6-8-20-9-7-15-26-25(20)23/h3-16H,17H2,1-2H3,(H,27,29). The van der Waals surface area contributed by atoms with Gasteiger partial charge in [0.1, 0.15) is 6.54 Å². The molecule has 3 aromatic carbocycles. The molecule has 1 aromatic heterocycles. The Morgan fingerprint density at radius 3 is 2.41 bits per heavy atom. The number of aryl methyl sites for hydroxylation is 2. The van der Waals surface area contributed by atoms with Gasteiger partial charge in [0.15, 0.2) is 0 Å². The Morgan fingerprint density at radius 1 is 0.906 bits per heavy atom. The molecular weight excluding hydrogens is 422 g/mol. The van der Waals surface area contributed by atoms with Gasteiger partial charge in [0.05, 0.1) is 21.8 Å². The van der Waals surface area contributed by atoms with Gasteiger partial charge in [0.25, 0.3) is 10.0 Å². The fourth-order valence-corrected chi connectivity index (χ4v) is 4.87. The fraction of sp³-hybridized carbons (Fsp3) is 0.120. The van der Waals surface area contributed by atoms with Gasteiger partial charge in [-0.15, -0.1) is 0 Å². The van der Waals surface area contributed by atoms with Crippen LogP contribution in [-0.2, 0) is 14.8 Å². The number of pyridine rings is 1. The Labute approximate surface area is 187 Å². The van der Waals surface area contributed by atoms with Gasteiger partial charge in [-0.1, -0.05) is 42.5 Å². The molecule has 4 aromatic rings. The number of nitrogens with one attached hydrogen (secondary N) is 1. The molecule has 1 N–H and O–H groups in total. The van der Waals surface area contributed by atoms with Crippen LogP contribution in [0, 0.1) is 13.8 Å². The predicted molar refractivity (Wildman–Crippen MR) is 127 cm³/mol. The van der Waals surface area contributed by atoms with E-state index in [1.165, 1.54) is 12.1 Å². The maximum Gasteiger partial charge on any atom is 0.264 e. The number of para-hydroxylation sites is 1. The number of sulfonamides is 1. The highest BCUT2D eigenvalue weighted by molar-refractivity contribution is 7.92. The monoisotopic (exact) mass is 445 g/mol. The van der Waals surface area contributed by atoms with E-state index in [0.29, 0.717) is 16.9 Å². The quantitative estimate of drug-likeness (QED) is 0.467. The summed E-state index contributed by atoms with van der Waals surface area (Å²) in [6.45, 7) is 3.49. The molecule has 4 rings (SSSR count). The Bertz CT molecular complexity index is 1380. The SMILES string of the molecule is Cc1ccc(N(CC(=O)Nc2cccc3cccnc23)S(=O)(=O)c2ccccc2)cc1C. The number of anilines is 2. The highest BCUT2D eigenvalue weighted by Crippen LogP contribution is 2.26. The lowest BCUT2D eigenvalue weighted by Crippen LogP contribution is -2.38. The van der Waals surface area contributed by atoms with Crippen molar-refractivity contribution in [1.29, 1.82) is 0 Å². The number of rotatable bonds is 6. The smallest absolute Gasteiger partial charge is 0.264 e. The molecule has 0 fully saturated rings. The van der Waals surface area contributed by atoms with Gasteiger partial charge in [-0.3, -0.25) is 14.1 Å². The second-order valence-electron chi connectivity index (χ2n) is 7.52. The first-order valence-corrected chi connectivity index (χ1v) is 11.6. The van der Waals surface area contributed by atoms with E-state index in [0.717, 1.165) is 20.8 Å². The van der Waals surface area contributed by atoms with Crippen LogP contribution < -0.4 is 9.62 Å². The average Bonchev–Trinajstić information content (AvgIpc) is 2.80. The first-order valence-electron chi connectivity index (χ1n) is 10.1. The minimum absolute atomic E-state index is 0.123. The average molecular weight is 446 g/mol. The molecule has 0 spiro atoms. The van der Waals surface area contributed by atoms with E-state index < -0.39 is 15.9 Å². The number of nitrogens with zero attached hydrogens (tertiary/aromatic N) is 2. The van der Waals surface area contributed by atoms with Gasteiger partial charge in [-0.25, -0.2) is 8.42 Å². The third kappa shape index (κ3) is 4.33. The Morgan fingerprint density at radius 2 is 1.66 bits per heavy atom. The van der Waals surface area contributed by atoms with Gasteiger partial charge in [-0.2, -0.15) is 0 Å². The zero-order chi connectivity index (χ0) is 22.7. The van der Waals surface area contributed by atoms with Crippen LogP contribution in [0.3, 0.4) is 0 Å². The van der Waals surface area contributed by atoms with E-state index in [9.17, 15) is 13.2 Å². The number of hydrogen-bond donors (Lipinski definition) is 1. The summed E-state index contributed by atoms with van der Waals surface area (Å²) in [7, 11) is -3.96. The molecule has 0 saturated heterocycles. The molecule has 162 valence electrons. The molecule has 0 radical (unpaired) electrons. The largest absolute Gasteiger partial charge is 0.323 e. The topological polar surface area (TPSA) is 79.4 Å². The summed E-state index contributed by atoms with van der Waals surface area (Å²) in [5.74, 6) is -0.458. The number of carbonyl (C=O) groups excluding carboxylic acids is 1. The molecule has 0 unspecified atom stereocenters. The summed E-state index contributed by atoms with van der Waals surface area (Å²) in [5.41, 5.74) is 3.59. The summed E-state index contributed by atoms with van der Waals surface area (Å²) in [6.07, 6.45) is 1.65. The number of fused-ring (bicyclic) bond motifs is 1. The third-order valence-corrected chi connectivity index (χ3v) is 7.09. The van der Waals surface area contributed by atoms with Crippen LogP contribution in [-0.4, -0.2) is 25.9 Å². The van der Waals surface area contributed by atoms with Gasteiger partial charge in [-0.05, 0) is 61.4 Å². The van der Waals surface area contributed by atoms with E-state index in [2.05, 4.69) is 10.3 Å². The normalized spacial score (nSPS) is 11.3. The number of carbonyl (C=O) groups is 1. The van der Waals surface area contributed by atoms with Crippen LogP contribution in [0.2, 0.25) is 0 Å². The van der Waals surface area contributed by atoms with E-state index in [1.54, 1.807) is 42.6 Å². The molecular formula is C25H23N3O3S. The Hall–Kier alpha value is -3.71. The maximum atomic E-state index is 13.5. The molecule has 0 atom stereocenters. The van der Waals surface area contributed by atoms with Crippen LogP contribution in [0.25, 0.3) is 10.9 Å². The zero-order valence-electron chi connectivity index (χ0n) is 17.8. The fourth-order valence-electron chi connectivity index (χ4n) is 3.44. The summed E-state index contributed by atoms with van der Waals surface area (Å²) in [5, 5.41) is 3.71. The van der Waals surface area contributed by atoms with Crippen LogP contribution in [0.4, 0.5) is 11.4 Å². The molecule has 0 aliphatic rings. The summed E-state index contributed by atoms with van der Waals surface area (Å²) in [4.78, 5) is 17.5. The minimum Gasteiger partial charge on any atom is -0.323 e. The van der Waals surface area contributed by atoms with Crippen molar-refractivity contribution in [2.24, 2.45) is 0 Å². The molecule has 1 heterocycles. The van der Waals surface area contributed by atoms with Gasteiger partial charge in [0, 0.05) is 11.6 Å². The lowest BCUT2D eigenvalue weighted by atomic mass is 10.1. The van der Waals surface area contributed by atoms with E-state index in [1.807, 2.05) is 44.2 Å². The second kappa shape index (κ2) is 8.80. The third-order valence-electron chi connectivity index (χ3n) is 5.30. The Kier molecular flexibility index (Phi) is 5.92. The molecule has 0 aliphatic carbocycles. The highest BCUT2D eigenvalue weighted by Gasteiger charge is 2.27. The van der Waals surface area contributed by atoms with Crippen molar-refractivity contribution < 1.29 is 13.2 Å². The molecule has 0 aliphatic heterocycles. The van der Waals surface area contributed by atoms with Crippen molar-refractivity contribution in [3.05, 3.63) is 96.2 Å². The number of aromatic nitrogens is 1. The van der Waals surface area contributed by atoms with Gasteiger partial charge in [0.2, 0.25) is 5.91 Å². The van der Waals surface area contributed by atoms with Crippen LogP contribution in [0.15, 0.2) is 90.0 Å². The van der Waals surface area contributed by atoms with Crippen molar-refractivity contribution in [3.63, 3.8) is 0 Å². The molecule has 6 nitrogen and oxygen atoms in total. The van der Waals surface area contributed by atoms with E-state index in [-0.39, 0.29) is 11.4 Å². The molecule has 32 heavy (non-hydrogen) atoms. The van der Waals surface area contributed by atoms with Gasteiger partial charge < -0.3 is 5.32 Å². The number of amides is 1. The number of hydrogen-bond acceptors (Lipinski definition) is 4. The van der Waals surface area contributed by atoms with E-state index in [4.69, 9.17) is 0 Å². The molecule has 1 amide bonds. The maximum absolute atomic E-state index is 13.5. The molecule has 0 bridgehead atoms. The van der Waals surface area contributed by atoms with Crippen molar-refractivity contribution in [1.82, 2.24) is 4.98 Å². The van der Waals surface area contributed by atoms with Crippen molar-refractivity contribution in [3.8, 4) is 0 Å².